The van der Waals surface area contributed by atoms with Crippen molar-refractivity contribution in [3.8, 4) is 11.4 Å². The molecule has 2 N–H and O–H groups in total. The van der Waals surface area contributed by atoms with Crippen LogP contribution in [0.2, 0.25) is 5.02 Å². The molecule has 3 aromatic heterocycles. The largest absolute Gasteiger partial charge is 0.421 e. The van der Waals surface area contributed by atoms with Crippen molar-refractivity contribution in [3.05, 3.63) is 82.0 Å². The zero-order chi connectivity index (χ0) is 26.6. The molecule has 2 unspecified atom stereocenters. The quantitative estimate of drug-likeness (QED) is 0.288. The second kappa shape index (κ2) is 9.32. The van der Waals surface area contributed by atoms with Gasteiger partial charge in [-0.25, -0.2) is 13.1 Å². The standard InChI is InChI=1S/C25H21ClF3N3O3S2/c1-24(33,25(27,28)29)15-9-11-30-19(13-15)22-23-14(8-10-31-22)12-20(36-23)21(17-4-2-3-5-18(17)26)32-37(34,35)16-6-7-16/h2-5,8-13,16,21,32-33H,6-7H2,1H3. The van der Waals surface area contributed by atoms with Crippen molar-refractivity contribution in [1.29, 1.82) is 0 Å². The van der Waals surface area contributed by atoms with Crippen molar-refractivity contribution in [2.24, 2.45) is 0 Å². The summed E-state index contributed by atoms with van der Waals surface area (Å²) in [4.78, 5) is 9.20. The second-order valence-corrected chi connectivity index (χ2v) is 12.5. The highest BCUT2D eigenvalue weighted by molar-refractivity contribution is 7.90. The van der Waals surface area contributed by atoms with Crippen LogP contribution < -0.4 is 4.72 Å². The Balaban J connectivity index is 1.62. The number of nitrogens with one attached hydrogen (secondary N) is 1. The number of benzene rings is 1. The third kappa shape index (κ3) is 4.98. The minimum atomic E-state index is -4.89. The van der Waals surface area contributed by atoms with Crippen LogP contribution in [0.4, 0.5) is 13.2 Å². The minimum absolute atomic E-state index is 0.147. The molecule has 1 fully saturated rings. The van der Waals surface area contributed by atoms with Crippen LogP contribution in [0.1, 0.15) is 41.8 Å². The van der Waals surface area contributed by atoms with Crippen LogP contribution in [0.25, 0.3) is 21.5 Å². The monoisotopic (exact) mass is 567 g/mol. The summed E-state index contributed by atoms with van der Waals surface area (Å²) < 4.78 is 69.5. The number of aromatic nitrogens is 2. The van der Waals surface area contributed by atoms with Crippen LogP contribution >= 0.6 is 22.9 Å². The number of sulfonamides is 1. The second-order valence-electron chi connectivity index (χ2n) is 9.04. The molecule has 194 valence electrons. The number of rotatable bonds is 7. The Morgan fingerprint density at radius 1 is 1.11 bits per heavy atom. The van der Waals surface area contributed by atoms with Gasteiger partial charge in [-0.2, -0.15) is 13.2 Å². The molecule has 1 aromatic carbocycles. The Hall–Kier alpha value is -2.57. The first-order valence-electron chi connectivity index (χ1n) is 11.3. The highest BCUT2D eigenvalue weighted by atomic mass is 35.5. The van der Waals surface area contributed by atoms with Gasteiger partial charge in [-0.1, -0.05) is 29.8 Å². The number of nitrogens with zero attached hydrogens (tertiary/aromatic N) is 2. The molecule has 6 nitrogen and oxygen atoms in total. The smallest absolute Gasteiger partial charge is 0.376 e. The lowest BCUT2D eigenvalue weighted by Crippen LogP contribution is -2.39. The minimum Gasteiger partial charge on any atom is -0.376 e. The predicted octanol–water partition coefficient (Wildman–Crippen LogP) is 5.95. The fourth-order valence-corrected chi connectivity index (χ4v) is 7.03. The summed E-state index contributed by atoms with van der Waals surface area (Å²) in [7, 11) is -3.60. The van der Waals surface area contributed by atoms with Crippen molar-refractivity contribution >= 4 is 43.0 Å². The van der Waals surface area contributed by atoms with E-state index in [1.807, 2.05) is 6.07 Å². The molecule has 1 aliphatic rings. The normalized spacial score (nSPS) is 17.0. The molecular formula is C25H21ClF3N3O3S2. The Labute approximate surface area is 220 Å². The summed E-state index contributed by atoms with van der Waals surface area (Å²) in [5.74, 6) is 0. The SMILES string of the molecule is CC(O)(c1ccnc(-c2nccc3cc(C(NS(=O)(=O)C4CC4)c4ccccc4Cl)sc23)c1)C(F)(F)F. The van der Waals surface area contributed by atoms with Crippen molar-refractivity contribution in [1.82, 2.24) is 14.7 Å². The summed E-state index contributed by atoms with van der Waals surface area (Å²) in [5.41, 5.74) is -2.40. The van der Waals surface area contributed by atoms with E-state index in [1.54, 1.807) is 30.3 Å². The molecule has 0 aliphatic heterocycles. The van der Waals surface area contributed by atoms with Gasteiger partial charge in [0.15, 0.2) is 5.60 Å². The van der Waals surface area contributed by atoms with E-state index >= 15 is 0 Å². The molecule has 4 aromatic rings. The van der Waals surface area contributed by atoms with Crippen molar-refractivity contribution in [2.45, 2.75) is 42.8 Å². The number of halogens is 4. The molecule has 37 heavy (non-hydrogen) atoms. The molecule has 2 atom stereocenters. The van der Waals surface area contributed by atoms with Gasteiger partial charge < -0.3 is 5.11 Å². The van der Waals surface area contributed by atoms with Gasteiger partial charge in [0.05, 0.1) is 21.7 Å². The highest BCUT2D eigenvalue weighted by Crippen LogP contribution is 2.42. The van der Waals surface area contributed by atoms with Crippen LogP contribution in [-0.4, -0.2) is 34.9 Å². The molecule has 12 heteroatoms. The van der Waals surface area contributed by atoms with E-state index in [0.29, 0.717) is 51.0 Å². The van der Waals surface area contributed by atoms with Gasteiger partial charge in [-0.3, -0.25) is 9.97 Å². The first kappa shape index (κ1) is 26.1. The number of hydrogen-bond donors (Lipinski definition) is 2. The Morgan fingerprint density at radius 2 is 1.81 bits per heavy atom. The molecule has 0 radical (unpaired) electrons. The van der Waals surface area contributed by atoms with Gasteiger partial charge in [0, 0.05) is 22.3 Å². The number of thiophene rings is 1. The summed E-state index contributed by atoms with van der Waals surface area (Å²) in [6.07, 6.45) is -1.01. The maximum absolute atomic E-state index is 13.4. The van der Waals surface area contributed by atoms with Gasteiger partial charge in [-0.05, 0) is 66.6 Å². The maximum Gasteiger partial charge on any atom is 0.421 e. The number of fused-ring (bicyclic) bond motifs is 1. The van der Waals surface area contributed by atoms with Gasteiger partial charge in [0.2, 0.25) is 10.0 Å². The Morgan fingerprint density at radius 3 is 2.49 bits per heavy atom. The predicted molar refractivity (Wildman–Crippen MR) is 137 cm³/mol. The molecule has 1 aliphatic carbocycles. The van der Waals surface area contributed by atoms with Gasteiger partial charge in [-0.15, -0.1) is 11.3 Å². The first-order valence-corrected chi connectivity index (χ1v) is 14.0. The van der Waals surface area contributed by atoms with E-state index in [2.05, 4.69) is 14.7 Å². The lowest BCUT2D eigenvalue weighted by atomic mass is 9.95. The zero-order valence-electron chi connectivity index (χ0n) is 19.3. The van der Waals surface area contributed by atoms with E-state index in [9.17, 15) is 26.7 Å². The topological polar surface area (TPSA) is 92.2 Å². The van der Waals surface area contributed by atoms with Crippen molar-refractivity contribution < 1.29 is 26.7 Å². The number of pyridine rings is 2. The molecule has 0 bridgehead atoms. The first-order chi connectivity index (χ1) is 17.4. The lowest BCUT2D eigenvalue weighted by Gasteiger charge is -2.26. The summed E-state index contributed by atoms with van der Waals surface area (Å²) in [6.45, 7) is 0.684. The molecular weight excluding hydrogens is 547 g/mol. The number of hydrogen-bond acceptors (Lipinski definition) is 6. The molecule has 0 spiro atoms. The van der Waals surface area contributed by atoms with E-state index in [0.717, 1.165) is 12.1 Å². The van der Waals surface area contributed by atoms with Gasteiger partial charge in [0.25, 0.3) is 0 Å². The average molecular weight is 568 g/mol. The van der Waals surface area contributed by atoms with Crippen LogP contribution in [0, 0.1) is 0 Å². The molecule has 3 heterocycles. The fourth-order valence-electron chi connectivity index (χ4n) is 3.96. The molecule has 5 rings (SSSR count). The van der Waals surface area contributed by atoms with Crippen molar-refractivity contribution in [2.75, 3.05) is 0 Å². The number of alkyl halides is 3. The summed E-state index contributed by atoms with van der Waals surface area (Å²) >= 11 is 7.70. The Bertz CT molecular complexity index is 1580. The van der Waals surface area contributed by atoms with Crippen LogP contribution in [0.3, 0.4) is 0 Å². The molecule has 0 saturated heterocycles. The lowest BCUT2D eigenvalue weighted by molar-refractivity contribution is -0.258. The Kier molecular flexibility index (Phi) is 6.56. The fraction of sp³-hybridized carbons (Fsp3) is 0.280. The third-order valence-corrected chi connectivity index (χ3v) is 9.80. The maximum atomic E-state index is 13.4. The van der Waals surface area contributed by atoms with E-state index in [-0.39, 0.29) is 11.3 Å². The van der Waals surface area contributed by atoms with Gasteiger partial charge >= 0.3 is 6.18 Å². The molecule has 0 amide bonds. The van der Waals surface area contributed by atoms with Crippen LogP contribution in [0.15, 0.2) is 60.9 Å². The zero-order valence-corrected chi connectivity index (χ0v) is 21.7. The third-order valence-electron chi connectivity index (χ3n) is 6.32. The molecule has 1 saturated carbocycles. The van der Waals surface area contributed by atoms with E-state index in [1.165, 1.54) is 23.7 Å². The number of aliphatic hydroxyl groups is 1. The summed E-state index contributed by atoms with van der Waals surface area (Å²) in [5, 5.41) is 10.8. The van der Waals surface area contributed by atoms with E-state index < -0.39 is 33.1 Å². The van der Waals surface area contributed by atoms with Gasteiger partial charge in [0.1, 0.15) is 5.69 Å². The average Bonchev–Trinajstić information content (AvgIpc) is 3.62. The van der Waals surface area contributed by atoms with Crippen LogP contribution in [0.5, 0.6) is 0 Å². The van der Waals surface area contributed by atoms with E-state index in [4.69, 9.17) is 11.6 Å². The highest BCUT2D eigenvalue weighted by Gasteiger charge is 2.51. The van der Waals surface area contributed by atoms with Crippen molar-refractivity contribution in [3.63, 3.8) is 0 Å². The summed E-state index contributed by atoms with van der Waals surface area (Å²) in [6, 6.07) is 12.0. The van der Waals surface area contributed by atoms with Crippen LogP contribution in [-0.2, 0) is 15.6 Å².